The number of fused-ring (bicyclic) bond motifs is 1. The third-order valence-electron chi connectivity index (χ3n) is 8.20. The molecule has 2 aliphatic carbocycles. The Morgan fingerprint density at radius 2 is 1.84 bits per heavy atom. The number of hydrogen-bond donors (Lipinski definition) is 4. The first-order valence-electron chi connectivity index (χ1n) is 13.6. The minimum absolute atomic E-state index is 0.0963. The van der Waals surface area contributed by atoms with E-state index in [0.717, 1.165) is 38.5 Å². The molecule has 5 rings (SSSR count). The topological polar surface area (TPSA) is 129 Å². The standard InChI is InChI=1S/C28H36FN7O2/c1-16-11-13-18(14-12-16)15-36-22-24(31-17(2)19-9-6-10-19)33-26(23(30)32-28(37)38)34-25(22)35-27(36)21(29)20-7-4-3-5-8-20/h3-5,7-8,16-19,21H,6,9-15H2,1-2H3,(H2,30,32)(H,37,38)(H,31,33,34)/t16?,17-,18?,21?/m1/s1. The number of carbonyl (C=O) groups is 1. The molecule has 4 N–H and O–H groups in total. The van der Waals surface area contributed by atoms with Crippen molar-refractivity contribution in [2.24, 2.45) is 17.8 Å². The molecule has 38 heavy (non-hydrogen) atoms. The maximum atomic E-state index is 16.1. The Balaban J connectivity index is 1.63. The molecule has 0 saturated heterocycles. The lowest BCUT2D eigenvalue weighted by Gasteiger charge is -2.32. The number of aromatic nitrogens is 4. The molecule has 2 aromatic heterocycles. The van der Waals surface area contributed by atoms with Gasteiger partial charge in [-0.15, -0.1) is 0 Å². The van der Waals surface area contributed by atoms with Crippen molar-refractivity contribution in [1.82, 2.24) is 24.8 Å². The highest BCUT2D eigenvalue weighted by Gasteiger charge is 2.30. The van der Waals surface area contributed by atoms with Crippen LogP contribution >= 0.6 is 0 Å². The minimum atomic E-state index is -1.47. The molecule has 202 valence electrons. The molecule has 2 heterocycles. The number of amidine groups is 1. The molecule has 2 fully saturated rings. The van der Waals surface area contributed by atoms with Crippen LogP contribution in [0.1, 0.15) is 82.2 Å². The highest BCUT2D eigenvalue weighted by Crippen LogP contribution is 2.36. The fraction of sp³-hybridized carbons (Fsp3) is 0.536. The summed E-state index contributed by atoms with van der Waals surface area (Å²) in [5.41, 5.74) is 1.37. The first-order valence-corrected chi connectivity index (χ1v) is 13.6. The molecule has 2 atom stereocenters. The Bertz CT molecular complexity index is 1300. The van der Waals surface area contributed by atoms with E-state index in [-0.39, 0.29) is 23.3 Å². The molecule has 9 nitrogen and oxygen atoms in total. The van der Waals surface area contributed by atoms with Gasteiger partial charge in [0.1, 0.15) is 5.52 Å². The van der Waals surface area contributed by atoms with Crippen LogP contribution in [0.15, 0.2) is 30.3 Å². The number of nitrogens with zero attached hydrogens (tertiary/aromatic N) is 4. The summed E-state index contributed by atoms with van der Waals surface area (Å²) in [4.78, 5) is 24.9. The van der Waals surface area contributed by atoms with E-state index in [0.29, 0.717) is 41.2 Å². The van der Waals surface area contributed by atoms with E-state index in [1.165, 1.54) is 6.42 Å². The van der Waals surface area contributed by atoms with Crippen molar-refractivity contribution in [3.05, 3.63) is 47.5 Å². The Hall–Kier alpha value is -3.56. The monoisotopic (exact) mass is 521 g/mol. The smallest absolute Gasteiger partial charge is 0.410 e. The van der Waals surface area contributed by atoms with Crippen molar-refractivity contribution >= 4 is 28.9 Å². The van der Waals surface area contributed by atoms with Crippen molar-refractivity contribution in [1.29, 1.82) is 5.41 Å². The average molecular weight is 522 g/mol. The number of benzene rings is 1. The minimum Gasteiger partial charge on any atom is -0.465 e. The largest absolute Gasteiger partial charge is 0.465 e. The van der Waals surface area contributed by atoms with E-state index in [2.05, 4.69) is 34.1 Å². The van der Waals surface area contributed by atoms with Gasteiger partial charge >= 0.3 is 6.09 Å². The summed E-state index contributed by atoms with van der Waals surface area (Å²) in [5.74, 6) is 1.75. The average Bonchev–Trinajstić information content (AvgIpc) is 3.22. The molecule has 2 aliphatic rings. The van der Waals surface area contributed by atoms with Gasteiger partial charge in [-0.2, -0.15) is 0 Å². The predicted molar refractivity (Wildman–Crippen MR) is 144 cm³/mol. The third-order valence-corrected chi connectivity index (χ3v) is 8.20. The van der Waals surface area contributed by atoms with Crippen molar-refractivity contribution in [2.75, 3.05) is 5.32 Å². The summed E-state index contributed by atoms with van der Waals surface area (Å²) >= 11 is 0. The number of nitrogens with one attached hydrogen (secondary N) is 3. The van der Waals surface area contributed by atoms with Crippen LogP contribution < -0.4 is 10.6 Å². The lowest BCUT2D eigenvalue weighted by molar-refractivity contribution is 0.200. The Labute approximate surface area is 221 Å². The van der Waals surface area contributed by atoms with Gasteiger partial charge in [-0.3, -0.25) is 10.7 Å². The second-order valence-electron chi connectivity index (χ2n) is 11.0. The molecule has 0 aliphatic heterocycles. The molecule has 1 unspecified atom stereocenters. The molecule has 10 heteroatoms. The number of hydrogen-bond acceptors (Lipinski definition) is 6. The predicted octanol–water partition coefficient (Wildman–Crippen LogP) is 5.90. The SMILES string of the molecule is CC1CCC(Cn2c(C(F)c3ccccc3)nc3nc(C(=N)NC(=O)O)nc(N[C@H](C)C4CCC4)c32)CC1. The van der Waals surface area contributed by atoms with Crippen LogP contribution in [0.25, 0.3) is 11.2 Å². The second kappa shape index (κ2) is 11.0. The molecule has 0 bridgehead atoms. The van der Waals surface area contributed by atoms with Gasteiger partial charge in [0.2, 0.25) is 0 Å². The van der Waals surface area contributed by atoms with E-state index < -0.39 is 18.1 Å². The van der Waals surface area contributed by atoms with Gasteiger partial charge < -0.3 is 15.0 Å². The molecule has 1 amide bonds. The van der Waals surface area contributed by atoms with Gasteiger partial charge in [0.15, 0.2) is 35.1 Å². The maximum absolute atomic E-state index is 16.1. The van der Waals surface area contributed by atoms with E-state index in [1.54, 1.807) is 12.1 Å². The van der Waals surface area contributed by atoms with Crippen molar-refractivity contribution < 1.29 is 14.3 Å². The fourth-order valence-electron chi connectivity index (χ4n) is 5.62. The number of halogens is 1. The zero-order valence-corrected chi connectivity index (χ0v) is 22.0. The van der Waals surface area contributed by atoms with Gasteiger partial charge in [0.05, 0.1) is 0 Å². The van der Waals surface area contributed by atoms with Crippen LogP contribution in [0.3, 0.4) is 0 Å². The number of rotatable bonds is 8. The van der Waals surface area contributed by atoms with Crippen LogP contribution in [-0.2, 0) is 6.54 Å². The zero-order chi connectivity index (χ0) is 26.8. The summed E-state index contributed by atoms with van der Waals surface area (Å²) in [7, 11) is 0. The zero-order valence-electron chi connectivity index (χ0n) is 22.0. The van der Waals surface area contributed by atoms with Gasteiger partial charge in [0.25, 0.3) is 0 Å². The van der Waals surface area contributed by atoms with E-state index >= 15 is 4.39 Å². The van der Waals surface area contributed by atoms with Crippen LogP contribution in [0.2, 0.25) is 0 Å². The van der Waals surface area contributed by atoms with Gasteiger partial charge in [0, 0.05) is 12.6 Å². The summed E-state index contributed by atoms with van der Waals surface area (Å²) in [5, 5.41) is 22.9. The molecule has 2 saturated carbocycles. The van der Waals surface area contributed by atoms with E-state index in [1.807, 2.05) is 28.1 Å². The first-order chi connectivity index (χ1) is 18.3. The lowest BCUT2D eigenvalue weighted by atomic mass is 9.80. The van der Waals surface area contributed by atoms with Crippen LogP contribution in [0, 0.1) is 23.2 Å². The van der Waals surface area contributed by atoms with E-state index in [9.17, 15) is 4.79 Å². The van der Waals surface area contributed by atoms with Gasteiger partial charge in [-0.25, -0.2) is 24.1 Å². The summed E-state index contributed by atoms with van der Waals surface area (Å²) < 4.78 is 18.0. The molecule has 0 radical (unpaired) electrons. The molecular formula is C28H36FN7O2. The Kier molecular flexibility index (Phi) is 7.58. The van der Waals surface area contributed by atoms with Gasteiger partial charge in [-0.05, 0) is 55.9 Å². The van der Waals surface area contributed by atoms with Crippen molar-refractivity contribution in [3.63, 3.8) is 0 Å². The highest BCUT2D eigenvalue weighted by atomic mass is 19.1. The maximum Gasteiger partial charge on any atom is 0.410 e. The van der Waals surface area contributed by atoms with Crippen LogP contribution in [-0.4, -0.2) is 42.6 Å². The van der Waals surface area contributed by atoms with Crippen molar-refractivity contribution in [2.45, 2.75) is 77.6 Å². The molecule has 3 aromatic rings. The first kappa shape index (κ1) is 26.1. The number of alkyl halides is 1. The molecule has 1 aromatic carbocycles. The second-order valence-corrected chi connectivity index (χ2v) is 11.0. The summed E-state index contributed by atoms with van der Waals surface area (Å²) in [6.07, 6.45) is 5.02. The molecule has 0 spiro atoms. The van der Waals surface area contributed by atoms with Crippen LogP contribution in [0.4, 0.5) is 15.0 Å². The highest BCUT2D eigenvalue weighted by molar-refractivity contribution is 6.03. The summed E-state index contributed by atoms with van der Waals surface area (Å²) in [6, 6.07) is 9.07. The van der Waals surface area contributed by atoms with Crippen molar-refractivity contribution in [3.8, 4) is 0 Å². The number of anilines is 1. The molecular weight excluding hydrogens is 485 g/mol. The lowest BCUT2D eigenvalue weighted by Crippen LogP contribution is -2.33. The number of carboxylic acid groups (broad SMARTS) is 1. The normalized spacial score (nSPS) is 21.4. The quantitative estimate of drug-likeness (QED) is 0.216. The summed E-state index contributed by atoms with van der Waals surface area (Å²) in [6.45, 7) is 4.98. The number of amides is 1. The fourth-order valence-corrected chi connectivity index (χ4v) is 5.62. The third kappa shape index (κ3) is 5.49. The Morgan fingerprint density at radius 3 is 2.47 bits per heavy atom. The van der Waals surface area contributed by atoms with Crippen LogP contribution in [0.5, 0.6) is 0 Å². The van der Waals surface area contributed by atoms with E-state index in [4.69, 9.17) is 10.5 Å². The Morgan fingerprint density at radius 1 is 1.13 bits per heavy atom. The number of imidazole rings is 1. The van der Waals surface area contributed by atoms with Gasteiger partial charge in [-0.1, -0.05) is 56.5 Å².